The molecule has 1 N–H and O–H groups in total. The lowest BCUT2D eigenvalue weighted by Crippen LogP contribution is -1.98. The number of methoxy groups -OCH3 is 1. The molecule has 0 bridgehead atoms. The summed E-state index contributed by atoms with van der Waals surface area (Å²) in [6.45, 7) is 0. The first-order valence-electron chi connectivity index (χ1n) is 5.05. The lowest BCUT2D eigenvalue weighted by molar-refractivity contribution is 0.416. The van der Waals surface area contributed by atoms with Crippen molar-refractivity contribution in [2.75, 3.05) is 12.4 Å². The fourth-order valence-electron chi connectivity index (χ4n) is 1.40. The number of rotatable bonds is 3. The molecule has 0 aliphatic heterocycles. The lowest BCUT2D eigenvalue weighted by atomic mass is 10.2. The first kappa shape index (κ1) is 12.3. The largest absolute Gasteiger partial charge is 0.495 e. The SMILES string of the molecule is COc1cc(C#N)ccc1Nc1ncncc1Br. The van der Waals surface area contributed by atoms with Crippen molar-refractivity contribution in [2.24, 2.45) is 0 Å². The Morgan fingerprint density at radius 2 is 2.28 bits per heavy atom. The molecule has 5 nitrogen and oxygen atoms in total. The molecule has 2 aromatic rings. The third-order valence-corrected chi connectivity index (χ3v) is 2.83. The zero-order valence-corrected chi connectivity index (χ0v) is 11.1. The molecule has 0 amide bonds. The van der Waals surface area contributed by atoms with Crippen molar-refractivity contribution in [3.05, 3.63) is 40.8 Å². The van der Waals surface area contributed by atoms with Crippen LogP contribution in [-0.2, 0) is 0 Å². The van der Waals surface area contributed by atoms with Gasteiger partial charge in [0.2, 0.25) is 0 Å². The van der Waals surface area contributed by atoms with Gasteiger partial charge in [-0.2, -0.15) is 5.26 Å². The molecular formula is C12H9BrN4O. The summed E-state index contributed by atoms with van der Waals surface area (Å²) in [5, 5.41) is 11.9. The van der Waals surface area contributed by atoms with Crippen LogP contribution in [0.15, 0.2) is 35.2 Å². The second-order valence-corrected chi connectivity index (χ2v) is 4.23. The zero-order valence-electron chi connectivity index (χ0n) is 9.51. The molecule has 0 atom stereocenters. The Kier molecular flexibility index (Phi) is 3.75. The Bertz CT molecular complexity index is 609. The number of nitriles is 1. The number of nitrogens with one attached hydrogen (secondary N) is 1. The van der Waals surface area contributed by atoms with Gasteiger partial charge >= 0.3 is 0 Å². The van der Waals surface area contributed by atoms with Crippen LogP contribution < -0.4 is 10.1 Å². The number of aromatic nitrogens is 2. The van der Waals surface area contributed by atoms with Crippen LogP contribution in [0.2, 0.25) is 0 Å². The number of hydrogen-bond donors (Lipinski definition) is 1. The van der Waals surface area contributed by atoms with E-state index in [1.807, 2.05) is 0 Å². The van der Waals surface area contributed by atoms with Gasteiger partial charge in [0.25, 0.3) is 0 Å². The predicted molar refractivity (Wildman–Crippen MR) is 70.7 cm³/mol. The Balaban J connectivity index is 2.35. The van der Waals surface area contributed by atoms with E-state index >= 15 is 0 Å². The smallest absolute Gasteiger partial charge is 0.148 e. The third-order valence-electron chi connectivity index (χ3n) is 2.25. The van der Waals surface area contributed by atoms with E-state index in [9.17, 15) is 0 Å². The molecule has 0 aliphatic rings. The molecule has 1 heterocycles. The van der Waals surface area contributed by atoms with Gasteiger partial charge in [0, 0.05) is 12.3 Å². The van der Waals surface area contributed by atoms with E-state index in [0.29, 0.717) is 17.1 Å². The van der Waals surface area contributed by atoms with Crippen LogP contribution in [0.4, 0.5) is 11.5 Å². The first-order valence-corrected chi connectivity index (χ1v) is 5.84. The van der Waals surface area contributed by atoms with E-state index in [4.69, 9.17) is 10.00 Å². The zero-order chi connectivity index (χ0) is 13.0. The molecule has 0 unspecified atom stereocenters. The second-order valence-electron chi connectivity index (χ2n) is 3.37. The van der Waals surface area contributed by atoms with Crippen LogP contribution >= 0.6 is 15.9 Å². The number of halogens is 1. The fourth-order valence-corrected chi connectivity index (χ4v) is 1.72. The number of ether oxygens (including phenoxy) is 1. The first-order chi connectivity index (χ1) is 8.74. The number of nitrogens with zero attached hydrogens (tertiary/aromatic N) is 3. The highest BCUT2D eigenvalue weighted by Crippen LogP contribution is 2.30. The molecule has 18 heavy (non-hydrogen) atoms. The predicted octanol–water partition coefficient (Wildman–Crippen LogP) is 2.86. The van der Waals surface area contributed by atoms with Crippen molar-refractivity contribution in [3.8, 4) is 11.8 Å². The molecular weight excluding hydrogens is 296 g/mol. The highest BCUT2D eigenvalue weighted by atomic mass is 79.9. The summed E-state index contributed by atoms with van der Waals surface area (Å²) in [4.78, 5) is 7.99. The van der Waals surface area contributed by atoms with Gasteiger partial charge < -0.3 is 10.1 Å². The van der Waals surface area contributed by atoms with Gasteiger partial charge in [0.15, 0.2) is 0 Å². The van der Waals surface area contributed by atoms with Crippen molar-refractivity contribution in [1.82, 2.24) is 9.97 Å². The van der Waals surface area contributed by atoms with Crippen molar-refractivity contribution >= 4 is 27.4 Å². The van der Waals surface area contributed by atoms with Gasteiger partial charge in [0.05, 0.1) is 28.9 Å². The highest BCUT2D eigenvalue weighted by Gasteiger charge is 2.07. The minimum absolute atomic E-state index is 0.541. The summed E-state index contributed by atoms with van der Waals surface area (Å²) >= 11 is 3.35. The Morgan fingerprint density at radius 1 is 1.44 bits per heavy atom. The Labute approximate surface area is 113 Å². The molecule has 1 aromatic carbocycles. The van der Waals surface area contributed by atoms with Gasteiger partial charge in [-0.15, -0.1) is 0 Å². The molecule has 0 saturated heterocycles. The molecule has 0 spiro atoms. The average Bonchev–Trinajstić information content (AvgIpc) is 2.41. The molecule has 0 aliphatic carbocycles. The summed E-state index contributed by atoms with van der Waals surface area (Å²) < 4.78 is 5.97. The minimum atomic E-state index is 0.541. The van der Waals surface area contributed by atoms with Crippen molar-refractivity contribution in [1.29, 1.82) is 5.26 Å². The van der Waals surface area contributed by atoms with Gasteiger partial charge in [-0.05, 0) is 28.1 Å². The maximum atomic E-state index is 8.83. The maximum Gasteiger partial charge on any atom is 0.148 e. The van der Waals surface area contributed by atoms with E-state index in [-0.39, 0.29) is 0 Å². The van der Waals surface area contributed by atoms with Crippen molar-refractivity contribution in [2.45, 2.75) is 0 Å². The molecule has 0 fully saturated rings. The quantitative estimate of drug-likeness (QED) is 0.944. The summed E-state index contributed by atoms with van der Waals surface area (Å²) in [5.74, 6) is 1.22. The molecule has 90 valence electrons. The van der Waals surface area contributed by atoms with E-state index in [0.717, 1.165) is 10.2 Å². The van der Waals surface area contributed by atoms with E-state index in [1.165, 1.54) is 6.33 Å². The number of anilines is 2. The van der Waals surface area contributed by atoms with Crippen LogP contribution in [0.5, 0.6) is 5.75 Å². The lowest BCUT2D eigenvalue weighted by Gasteiger charge is -2.11. The summed E-state index contributed by atoms with van der Waals surface area (Å²) in [6, 6.07) is 7.20. The molecule has 0 radical (unpaired) electrons. The normalized spacial score (nSPS) is 9.61. The number of hydrogen-bond acceptors (Lipinski definition) is 5. The van der Waals surface area contributed by atoms with Crippen LogP contribution in [-0.4, -0.2) is 17.1 Å². The van der Waals surface area contributed by atoms with Crippen LogP contribution in [0, 0.1) is 11.3 Å². The molecule has 2 rings (SSSR count). The van der Waals surface area contributed by atoms with E-state index in [1.54, 1.807) is 31.5 Å². The van der Waals surface area contributed by atoms with Crippen LogP contribution in [0.1, 0.15) is 5.56 Å². The third kappa shape index (κ3) is 2.57. The number of benzene rings is 1. The Hall–Kier alpha value is -2.13. The monoisotopic (exact) mass is 304 g/mol. The topological polar surface area (TPSA) is 70.8 Å². The Morgan fingerprint density at radius 3 is 2.94 bits per heavy atom. The molecule has 6 heteroatoms. The second kappa shape index (κ2) is 5.47. The minimum Gasteiger partial charge on any atom is -0.495 e. The summed E-state index contributed by atoms with van der Waals surface area (Å²) in [5.41, 5.74) is 1.27. The maximum absolute atomic E-state index is 8.83. The van der Waals surface area contributed by atoms with Crippen LogP contribution in [0.3, 0.4) is 0 Å². The standard InChI is InChI=1S/C12H9BrN4O/c1-18-11-4-8(5-14)2-3-10(11)17-12-9(13)6-15-7-16-12/h2-4,6-7H,1H3,(H,15,16,17). The van der Waals surface area contributed by atoms with Gasteiger partial charge in [-0.1, -0.05) is 0 Å². The molecule has 0 saturated carbocycles. The molecule has 1 aromatic heterocycles. The highest BCUT2D eigenvalue weighted by molar-refractivity contribution is 9.10. The fraction of sp³-hybridized carbons (Fsp3) is 0.0833. The van der Waals surface area contributed by atoms with Crippen LogP contribution in [0.25, 0.3) is 0 Å². The van der Waals surface area contributed by atoms with Crippen molar-refractivity contribution in [3.63, 3.8) is 0 Å². The van der Waals surface area contributed by atoms with E-state index in [2.05, 4.69) is 37.3 Å². The average molecular weight is 305 g/mol. The summed E-state index contributed by atoms with van der Waals surface area (Å²) in [7, 11) is 1.55. The summed E-state index contributed by atoms with van der Waals surface area (Å²) in [6.07, 6.45) is 3.09. The van der Waals surface area contributed by atoms with Crippen molar-refractivity contribution < 1.29 is 4.74 Å². The van der Waals surface area contributed by atoms with Gasteiger partial charge in [-0.25, -0.2) is 9.97 Å². The van der Waals surface area contributed by atoms with Gasteiger partial charge in [-0.3, -0.25) is 0 Å². The van der Waals surface area contributed by atoms with Gasteiger partial charge in [0.1, 0.15) is 17.9 Å². The van der Waals surface area contributed by atoms with E-state index < -0.39 is 0 Å².